The number of unbranched alkanes of at least 4 members (excludes halogenated alkanes) is 3. The van der Waals surface area contributed by atoms with Crippen LogP contribution in [0.15, 0.2) is 36.9 Å². The average Bonchev–Trinajstić information content (AvgIpc) is 2.79. The van der Waals surface area contributed by atoms with Crippen LogP contribution < -0.4 is 10.1 Å². The fourth-order valence-corrected chi connectivity index (χ4v) is 4.05. The van der Waals surface area contributed by atoms with Crippen LogP contribution in [0.2, 0.25) is 0 Å². The van der Waals surface area contributed by atoms with Crippen molar-refractivity contribution in [1.29, 1.82) is 0 Å². The van der Waals surface area contributed by atoms with Gasteiger partial charge in [0.15, 0.2) is 0 Å². The van der Waals surface area contributed by atoms with E-state index in [1.807, 2.05) is 42.3 Å². The summed E-state index contributed by atoms with van der Waals surface area (Å²) in [6, 6.07) is 7.61. The number of likely N-dealkylation sites (N-methyl/N-ethyl adjacent to an activating group) is 1. The van der Waals surface area contributed by atoms with E-state index >= 15 is 0 Å². The molecule has 6 nitrogen and oxygen atoms in total. The van der Waals surface area contributed by atoms with E-state index < -0.39 is 0 Å². The number of ether oxygens (including phenoxy) is 2. The van der Waals surface area contributed by atoms with Crippen molar-refractivity contribution in [3.8, 4) is 5.75 Å². The summed E-state index contributed by atoms with van der Waals surface area (Å²) in [6.07, 6.45) is 11.2. The van der Waals surface area contributed by atoms with E-state index in [9.17, 15) is 4.79 Å². The Hall–Kier alpha value is -2.05. The Morgan fingerprint density at radius 2 is 1.77 bits per heavy atom. The number of hydrogen-bond acceptors (Lipinski definition) is 4. The fraction of sp³-hybridized carbons (Fsp3) is 0.640. The molecule has 0 unspecified atom stereocenters. The van der Waals surface area contributed by atoms with Crippen molar-refractivity contribution in [2.75, 3.05) is 46.2 Å². The van der Waals surface area contributed by atoms with Crippen LogP contribution in [0.5, 0.6) is 5.75 Å². The Balaban J connectivity index is 1.56. The molecule has 1 saturated carbocycles. The van der Waals surface area contributed by atoms with Gasteiger partial charge in [-0.15, -0.1) is 6.58 Å². The van der Waals surface area contributed by atoms with E-state index in [2.05, 4.69) is 23.8 Å². The lowest BCUT2D eigenvalue weighted by molar-refractivity contribution is 0.0130. The van der Waals surface area contributed by atoms with E-state index in [4.69, 9.17) is 9.47 Å². The van der Waals surface area contributed by atoms with E-state index in [0.29, 0.717) is 6.10 Å². The maximum Gasteiger partial charge on any atom is 0.321 e. The van der Waals surface area contributed by atoms with Crippen LogP contribution in [0.25, 0.3) is 0 Å². The SMILES string of the molecule is C=CCN(C)CCCCCCOC1CCC(N(C)C(=O)Nc2ccc(OC)cc2)CC1. The standard InChI is InChI=1S/C25H41N3O3/c1-5-18-27(2)19-8-6-7-9-20-31-24-16-12-22(13-17-24)28(3)25(29)26-21-10-14-23(30-4)15-11-21/h5,10-11,14-15,22,24H,1,6-9,12-13,16-20H2,2-4H3,(H,26,29). The number of rotatable bonds is 13. The van der Waals surface area contributed by atoms with Gasteiger partial charge in [-0.1, -0.05) is 18.9 Å². The first kappa shape index (κ1) is 25.2. The Morgan fingerprint density at radius 1 is 1.10 bits per heavy atom. The van der Waals surface area contributed by atoms with Crippen molar-refractivity contribution < 1.29 is 14.3 Å². The third-order valence-electron chi connectivity index (χ3n) is 6.08. The number of nitrogens with zero attached hydrogens (tertiary/aromatic N) is 2. The molecule has 1 N–H and O–H groups in total. The quantitative estimate of drug-likeness (QED) is 0.346. The maximum atomic E-state index is 12.6. The van der Waals surface area contributed by atoms with Gasteiger partial charge >= 0.3 is 6.03 Å². The third kappa shape index (κ3) is 9.32. The van der Waals surface area contributed by atoms with Gasteiger partial charge in [-0.05, 0) is 76.4 Å². The smallest absolute Gasteiger partial charge is 0.321 e. The topological polar surface area (TPSA) is 54.0 Å². The van der Waals surface area contributed by atoms with E-state index in [0.717, 1.165) is 63.2 Å². The summed E-state index contributed by atoms with van der Waals surface area (Å²) in [5.41, 5.74) is 0.780. The molecule has 6 heteroatoms. The van der Waals surface area contributed by atoms with E-state index in [1.54, 1.807) is 7.11 Å². The second-order valence-corrected chi connectivity index (χ2v) is 8.54. The molecule has 2 amide bonds. The number of anilines is 1. The van der Waals surface area contributed by atoms with Crippen molar-refractivity contribution in [3.63, 3.8) is 0 Å². The zero-order valence-corrected chi connectivity index (χ0v) is 19.6. The molecular formula is C25H41N3O3. The molecule has 0 spiro atoms. The minimum Gasteiger partial charge on any atom is -0.497 e. The number of benzene rings is 1. The summed E-state index contributed by atoms with van der Waals surface area (Å²) < 4.78 is 11.3. The van der Waals surface area contributed by atoms with Crippen molar-refractivity contribution in [3.05, 3.63) is 36.9 Å². The van der Waals surface area contributed by atoms with Crippen LogP contribution in [-0.4, -0.2) is 68.9 Å². The average molecular weight is 432 g/mol. The van der Waals surface area contributed by atoms with Crippen LogP contribution in [0.4, 0.5) is 10.5 Å². The fourth-order valence-electron chi connectivity index (χ4n) is 4.05. The molecule has 0 aliphatic heterocycles. The molecule has 0 radical (unpaired) electrons. The van der Waals surface area contributed by atoms with Crippen LogP contribution in [-0.2, 0) is 4.74 Å². The number of carbonyl (C=O) groups excluding carboxylic acids is 1. The van der Waals surface area contributed by atoms with Gasteiger partial charge in [0.2, 0.25) is 0 Å². The van der Waals surface area contributed by atoms with Crippen LogP contribution in [0, 0.1) is 0 Å². The largest absolute Gasteiger partial charge is 0.497 e. The molecule has 1 aliphatic carbocycles. The highest BCUT2D eigenvalue weighted by atomic mass is 16.5. The van der Waals surface area contributed by atoms with Gasteiger partial charge in [-0.3, -0.25) is 0 Å². The summed E-state index contributed by atoms with van der Waals surface area (Å²) in [7, 11) is 5.66. The lowest BCUT2D eigenvalue weighted by Crippen LogP contribution is -2.42. The Kier molecular flexibility index (Phi) is 11.5. The molecule has 174 valence electrons. The molecule has 0 bridgehead atoms. The highest BCUT2D eigenvalue weighted by Gasteiger charge is 2.27. The summed E-state index contributed by atoms with van der Waals surface area (Å²) in [5.74, 6) is 0.779. The van der Waals surface area contributed by atoms with Gasteiger partial charge in [0.25, 0.3) is 0 Å². The van der Waals surface area contributed by atoms with Crippen LogP contribution in [0.3, 0.4) is 0 Å². The third-order valence-corrected chi connectivity index (χ3v) is 6.08. The summed E-state index contributed by atoms with van der Waals surface area (Å²) in [4.78, 5) is 16.7. The first-order chi connectivity index (χ1) is 15.0. The highest BCUT2D eigenvalue weighted by Crippen LogP contribution is 2.25. The summed E-state index contributed by atoms with van der Waals surface area (Å²) in [6.45, 7) is 6.72. The van der Waals surface area contributed by atoms with Crippen molar-refractivity contribution in [2.24, 2.45) is 0 Å². The number of hydrogen-bond donors (Lipinski definition) is 1. The minimum absolute atomic E-state index is 0.0618. The van der Waals surface area contributed by atoms with Gasteiger partial charge in [-0.25, -0.2) is 4.79 Å². The van der Waals surface area contributed by atoms with Crippen molar-refractivity contribution >= 4 is 11.7 Å². The zero-order valence-electron chi connectivity index (χ0n) is 19.6. The number of carbonyl (C=O) groups is 1. The minimum atomic E-state index is -0.0618. The predicted molar refractivity (Wildman–Crippen MR) is 128 cm³/mol. The second-order valence-electron chi connectivity index (χ2n) is 8.54. The normalized spacial score (nSPS) is 18.6. The molecular weight excluding hydrogens is 390 g/mol. The highest BCUT2D eigenvalue weighted by molar-refractivity contribution is 5.89. The molecule has 1 aromatic rings. The molecule has 31 heavy (non-hydrogen) atoms. The van der Waals surface area contributed by atoms with Gasteiger partial charge in [0.05, 0.1) is 13.2 Å². The van der Waals surface area contributed by atoms with Crippen LogP contribution in [0.1, 0.15) is 51.4 Å². The molecule has 1 aromatic carbocycles. The lowest BCUT2D eigenvalue weighted by Gasteiger charge is -2.34. The van der Waals surface area contributed by atoms with Gasteiger partial charge in [0.1, 0.15) is 5.75 Å². The second kappa shape index (κ2) is 14.1. The first-order valence-corrected chi connectivity index (χ1v) is 11.6. The summed E-state index contributed by atoms with van der Waals surface area (Å²) >= 11 is 0. The van der Waals surface area contributed by atoms with Gasteiger partial charge in [-0.2, -0.15) is 0 Å². The molecule has 1 fully saturated rings. The Morgan fingerprint density at radius 3 is 2.42 bits per heavy atom. The van der Waals surface area contributed by atoms with E-state index in [-0.39, 0.29) is 12.1 Å². The van der Waals surface area contributed by atoms with E-state index in [1.165, 1.54) is 19.3 Å². The number of nitrogens with one attached hydrogen (secondary N) is 1. The maximum absolute atomic E-state index is 12.6. The molecule has 0 heterocycles. The number of amides is 2. The molecule has 2 rings (SSSR count). The first-order valence-electron chi connectivity index (χ1n) is 11.6. The molecule has 0 saturated heterocycles. The Labute approximate surface area is 188 Å². The van der Waals surface area contributed by atoms with Crippen molar-refractivity contribution in [2.45, 2.75) is 63.5 Å². The van der Waals surface area contributed by atoms with Crippen LogP contribution >= 0.6 is 0 Å². The molecule has 0 atom stereocenters. The number of urea groups is 1. The molecule has 1 aliphatic rings. The Bertz CT molecular complexity index is 642. The molecule has 0 aromatic heterocycles. The lowest BCUT2D eigenvalue weighted by atomic mass is 9.92. The van der Waals surface area contributed by atoms with Gasteiger partial charge in [0, 0.05) is 31.9 Å². The summed E-state index contributed by atoms with van der Waals surface area (Å²) in [5, 5.41) is 2.97. The van der Waals surface area contributed by atoms with Crippen molar-refractivity contribution in [1.82, 2.24) is 9.80 Å². The predicted octanol–water partition coefficient (Wildman–Crippen LogP) is 5.16. The zero-order chi connectivity index (χ0) is 22.5. The monoisotopic (exact) mass is 431 g/mol. The number of methoxy groups -OCH3 is 1. The van der Waals surface area contributed by atoms with Gasteiger partial charge < -0.3 is 24.6 Å².